The molecule has 2 aromatic heterocycles. The smallest absolute Gasteiger partial charge is 0.153 e. The summed E-state index contributed by atoms with van der Waals surface area (Å²) in [5, 5.41) is 7.80. The van der Waals surface area contributed by atoms with Crippen LogP contribution in [0.1, 0.15) is 42.4 Å². The molecule has 0 aliphatic rings. The van der Waals surface area contributed by atoms with Crippen LogP contribution in [0.3, 0.4) is 0 Å². The molecular weight excluding hydrogens is 236 g/mol. The predicted molar refractivity (Wildman–Crippen MR) is 77.7 cm³/mol. The number of nitrogens with one attached hydrogen (secondary N) is 1. The first-order valence-electron chi connectivity index (χ1n) is 6.77. The van der Waals surface area contributed by atoms with Crippen LogP contribution in [-0.2, 0) is 6.42 Å². The van der Waals surface area contributed by atoms with Gasteiger partial charge in [0.2, 0.25) is 0 Å². The molecule has 4 nitrogen and oxygen atoms in total. The molecule has 0 saturated carbocycles. The molecule has 2 rings (SSSR count). The normalized spacial score (nSPS) is 12.7. The quantitative estimate of drug-likeness (QED) is 0.917. The summed E-state index contributed by atoms with van der Waals surface area (Å²) in [7, 11) is 1.95. The Balaban J connectivity index is 2.37. The molecule has 102 valence electrons. The summed E-state index contributed by atoms with van der Waals surface area (Å²) < 4.78 is 1.93. The summed E-state index contributed by atoms with van der Waals surface area (Å²) in [4.78, 5) is 4.53. The molecule has 4 heteroatoms. The van der Waals surface area contributed by atoms with Crippen molar-refractivity contribution in [3.63, 3.8) is 0 Å². The molecule has 0 spiro atoms. The number of rotatable bonds is 4. The lowest BCUT2D eigenvalue weighted by Gasteiger charge is -2.11. The molecule has 2 heterocycles. The first-order valence-corrected chi connectivity index (χ1v) is 6.77. The zero-order chi connectivity index (χ0) is 14.0. The highest BCUT2D eigenvalue weighted by Gasteiger charge is 2.12. The summed E-state index contributed by atoms with van der Waals surface area (Å²) in [5.41, 5.74) is 4.77. The van der Waals surface area contributed by atoms with Crippen LogP contribution in [0.15, 0.2) is 18.3 Å². The first kappa shape index (κ1) is 13.7. The summed E-state index contributed by atoms with van der Waals surface area (Å²) in [6.07, 6.45) is 2.92. The Morgan fingerprint density at radius 1 is 1.32 bits per heavy atom. The monoisotopic (exact) mass is 258 g/mol. The predicted octanol–water partition coefficient (Wildman–Crippen LogP) is 2.73. The minimum atomic E-state index is 0.313. The number of aromatic nitrogens is 3. The van der Waals surface area contributed by atoms with Gasteiger partial charge < -0.3 is 5.32 Å². The lowest BCUT2D eigenvalue weighted by molar-refractivity contribution is 0.648. The fourth-order valence-corrected chi connectivity index (χ4v) is 2.36. The Morgan fingerprint density at radius 3 is 2.53 bits per heavy atom. The molecule has 0 amide bonds. The van der Waals surface area contributed by atoms with Crippen molar-refractivity contribution in [2.45, 2.75) is 40.2 Å². The molecule has 0 aromatic carbocycles. The summed E-state index contributed by atoms with van der Waals surface area (Å²) in [6.45, 7) is 8.44. The van der Waals surface area contributed by atoms with Gasteiger partial charge in [-0.2, -0.15) is 5.10 Å². The van der Waals surface area contributed by atoms with Crippen LogP contribution in [0, 0.1) is 13.8 Å². The number of hydrogen-bond donors (Lipinski definition) is 1. The Hall–Kier alpha value is -1.68. The first-order chi connectivity index (χ1) is 9.08. The fourth-order valence-electron chi connectivity index (χ4n) is 2.36. The largest absolute Gasteiger partial charge is 0.313 e. The van der Waals surface area contributed by atoms with Gasteiger partial charge in [0, 0.05) is 17.9 Å². The van der Waals surface area contributed by atoms with E-state index in [0.29, 0.717) is 6.04 Å². The number of pyridine rings is 1. The van der Waals surface area contributed by atoms with Crippen LogP contribution in [0.4, 0.5) is 0 Å². The molecular formula is C15H22N4. The maximum atomic E-state index is 4.58. The third-order valence-corrected chi connectivity index (χ3v) is 3.72. The molecule has 1 unspecified atom stereocenters. The van der Waals surface area contributed by atoms with E-state index in [0.717, 1.165) is 17.9 Å². The van der Waals surface area contributed by atoms with Gasteiger partial charge >= 0.3 is 0 Å². The maximum absolute atomic E-state index is 4.58. The van der Waals surface area contributed by atoms with Crippen LogP contribution < -0.4 is 5.32 Å². The van der Waals surface area contributed by atoms with Gasteiger partial charge in [-0.15, -0.1) is 0 Å². The molecule has 0 aliphatic heterocycles. The molecule has 0 aliphatic carbocycles. The number of nitrogens with zero attached hydrogens (tertiary/aromatic N) is 3. The molecule has 0 fully saturated rings. The Labute approximate surface area is 114 Å². The van der Waals surface area contributed by atoms with Crippen molar-refractivity contribution in [3.05, 3.63) is 40.8 Å². The molecule has 1 atom stereocenters. The topological polar surface area (TPSA) is 42.7 Å². The molecule has 0 bridgehead atoms. The van der Waals surface area contributed by atoms with Gasteiger partial charge in [0.1, 0.15) is 0 Å². The Bertz CT molecular complexity index is 554. The second-order valence-corrected chi connectivity index (χ2v) is 4.87. The third kappa shape index (κ3) is 2.54. The molecule has 0 saturated heterocycles. The van der Waals surface area contributed by atoms with E-state index in [1.165, 1.54) is 16.8 Å². The molecule has 1 N–H and O–H groups in total. The average Bonchev–Trinajstić information content (AvgIpc) is 2.72. The van der Waals surface area contributed by atoms with Gasteiger partial charge in [-0.1, -0.05) is 13.0 Å². The lowest BCUT2D eigenvalue weighted by atomic mass is 10.1. The third-order valence-electron chi connectivity index (χ3n) is 3.72. The van der Waals surface area contributed by atoms with Crippen molar-refractivity contribution in [3.8, 4) is 5.82 Å². The zero-order valence-corrected chi connectivity index (χ0v) is 12.4. The van der Waals surface area contributed by atoms with E-state index in [9.17, 15) is 0 Å². The highest BCUT2D eigenvalue weighted by Crippen LogP contribution is 2.18. The van der Waals surface area contributed by atoms with Crippen molar-refractivity contribution in [1.82, 2.24) is 20.1 Å². The van der Waals surface area contributed by atoms with Crippen LogP contribution in [-0.4, -0.2) is 21.8 Å². The van der Waals surface area contributed by atoms with E-state index in [2.05, 4.69) is 49.2 Å². The summed E-state index contributed by atoms with van der Waals surface area (Å²) in [5.74, 6) is 0.882. The van der Waals surface area contributed by atoms with E-state index in [-0.39, 0.29) is 0 Å². The van der Waals surface area contributed by atoms with Crippen LogP contribution in [0.25, 0.3) is 5.82 Å². The molecule has 2 aromatic rings. The SMILES string of the molecule is CCc1c(C)nn(-c2ccc(C(C)NC)cn2)c1C. The molecule has 19 heavy (non-hydrogen) atoms. The summed E-state index contributed by atoms with van der Waals surface area (Å²) >= 11 is 0. The Morgan fingerprint density at radius 2 is 2.05 bits per heavy atom. The minimum absolute atomic E-state index is 0.313. The standard InChI is InChI=1S/C15H22N4/c1-6-14-11(3)18-19(12(14)4)15-8-7-13(9-17-15)10(2)16-5/h7-10,16H,6H2,1-5H3. The minimum Gasteiger partial charge on any atom is -0.313 e. The fraction of sp³-hybridized carbons (Fsp3) is 0.467. The highest BCUT2D eigenvalue weighted by atomic mass is 15.3. The van der Waals surface area contributed by atoms with Crippen molar-refractivity contribution in [2.75, 3.05) is 7.05 Å². The molecule has 0 radical (unpaired) electrons. The van der Waals surface area contributed by atoms with E-state index < -0.39 is 0 Å². The van der Waals surface area contributed by atoms with Crippen molar-refractivity contribution in [1.29, 1.82) is 0 Å². The van der Waals surface area contributed by atoms with Crippen LogP contribution in [0.5, 0.6) is 0 Å². The van der Waals surface area contributed by atoms with E-state index in [1.807, 2.05) is 24.0 Å². The van der Waals surface area contributed by atoms with Crippen molar-refractivity contribution >= 4 is 0 Å². The average molecular weight is 258 g/mol. The zero-order valence-electron chi connectivity index (χ0n) is 12.4. The lowest BCUT2D eigenvalue weighted by Crippen LogP contribution is -2.13. The van der Waals surface area contributed by atoms with Gasteiger partial charge in [-0.05, 0) is 51.4 Å². The van der Waals surface area contributed by atoms with Crippen molar-refractivity contribution in [2.24, 2.45) is 0 Å². The van der Waals surface area contributed by atoms with Crippen LogP contribution in [0.2, 0.25) is 0 Å². The van der Waals surface area contributed by atoms with Crippen molar-refractivity contribution < 1.29 is 0 Å². The summed E-state index contributed by atoms with van der Waals surface area (Å²) in [6, 6.07) is 4.45. The van der Waals surface area contributed by atoms with E-state index >= 15 is 0 Å². The second kappa shape index (κ2) is 5.53. The highest BCUT2D eigenvalue weighted by molar-refractivity contribution is 5.33. The Kier molecular flexibility index (Phi) is 4.00. The van der Waals surface area contributed by atoms with Gasteiger partial charge in [-0.3, -0.25) is 0 Å². The van der Waals surface area contributed by atoms with Gasteiger partial charge in [0.05, 0.1) is 5.69 Å². The van der Waals surface area contributed by atoms with Gasteiger partial charge in [0.15, 0.2) is 5.82 Å². The number of hydrogen-bond acceptors (Lipinski definition) is 3. The van der Waals surface area contributed by atoms with Gasteiger partial charge in [0.25, 0.3) is 0 Å². The maximum Gasteiger partial charge on any atom is 0.153 e. The van der Waals surface area contributed by atoms with E-state index in [1.54, 1.807) is 0 Å². The van der Waals surface area contributed by atoms with E-state index in [4.69, 9.17) is 0 Å². The number of aryl methyl sites for hydroxylation is 1. The van der Waals surface area contributed by atoms with Crippen LogP contribution >= 0.6 is 0 Å². The second-order valence-electron chi connectivity index (χ2n) is 4.87. The van der Waals surface area contributed by atoms with Gasteiger partial charge in [-0.25, -0.2) is 9.67 Å².